The van der Waals surface area contributed by atoms with Crippen molar-refractivity contribution in [1.82, 2.24) is 5.32 Å². The van der Waals surface area contributed by atoms with Crippen LogP contribution in [0.15, 0.2) is 0 Å². The van der Waals surface area contributed by atoms with E-state index in [-0.39, 0.29) is 5.54 Å². The number of morpholine rings is 1. The number of hydrogen-bond donors (Lipinski definition) is 1. The number of nitrogens with one attached hydrogen (secondary N) is 1. The van der Waals surface area contributed by atoms with E-state index < -0.39 is 0 Å². The molecule has 0 aromatic rings. The van der Waals surface area contributed by atoms with E-state index in [0.717, 1.165) is 25.7 Å². The molecule has 0 bridgehead atoms. The molecular formula is C13H25NO. The number of ether oxygens (including phenoxy) is 1. The Hall–Kier alpha value is -0.0800. The predicted octanol–water partition coefficient (Wildman–Crippen LogP) is 2.58. The summed E-state index contributed by atoms with van der Waals surface area (Å²) in [5, 5.41) is 3.76. The third-order valence-electron chi connectivity index (χ3n) is 4.68. The van der Waals surface area contributed by atoms with Crippen molar-refractivity contribution in [3.05, 3.63) is 0 Å². The monoisotopic (exact) mass is 211 g/mol. The molecule has 2 nitrogen and oxygen atoms in total. The van der Waals surface area contributed by atoms with Crippen molar-refractivity contribution in [2.24, 2.45) is 11.3 Å². The zero-order valence-corrected chi connectivity index (χ0v) is 10.4. The molecule has 1 aliphatic heterocycles. The van der Waals surface area contributed by atoms with E-state index in [9.17, 15) is 0 Å². The summed E-state index contributed by atoms with van der Waals surface area (Å²) in [5.74, 6) is 0.882. The Morgan fingerprint density at radius 3 is 2.60 bits per heavy atom. The van der Waals surface area contributed by atoms with Crippen LogP contribution in [0.2, 0.25) is 0 Å². The van der Waals surface area contributed by atoms with Crippen LogP contribution in [0.25, 0.3) is 0 Å². The highest BCUT2D eigenvalue weighted by Gasteiger charge is 2.47. The summed E-state index contributed by atoms with van der Waals surface area (Å²) in [5.41, 5.74) is 0.619. The molecule has 2 rings (SSSR count). The minimum absolute atomic E-state index is 0.246. The minimum Gasteiger partial charge on any atom is -0.378 e. The fraction of sp³-hybridized carbons (Fsp3) is 1.00. The molecule has 0 amide bonds. The molecule has 88 valence electrons. The smallest absolute Gasteiger partial charge is 0.0654 e. The van der Waals surface area contributed by atoms with Crippen LogP contribution in [-0.2, 0) is 4.74 Å². The molecule has 1 spiro atoms. The second-order valence-electron chi connectivity index (χ2n) is 6.13. The van der Waals surface area contributed by atoms with Crippen LogP contribution in [0.5, 0.6) is 0 Å². The van der Waals surface area contributed by atoms with Gasteiger partial charge in [0, 0.05) is 12.1 Å². The van der Waals surface area contributed by atoms with Gasteiger partial charge in [-0.2, -0.15) is 0 Å². The highest BCUT2D eigenvalue weighted by atomic mass is 16.5. The molecule has 1 heterocycles. The average Bonchev–Trinajstić information content (AvgIpc) is 2.33. The Morgan fingerprint density at radius 1 is 1.20 bits per heavy atom. The first-order valence-corrected chi connectivity index (χ1v) is 6.39. The van der Waals surface area contributed by atoms with E-state index in [1.165, 1.54) is 25.7 Å². The maximum atomic E-state index is 5.73. The van der Waals surface area contributed by atoms with Crippen molar-refractivity contribution >= 4 is 0 Å². The van der Waals surface area contributed by atoms with Crippen molar-refractivity contribution in [3.63, 3.8) is 0 Å². The summed E-state index contributed by atoms with van der Waals surface area (Å²) >= 11 is 0. The van der Waals surface area contributed by atoms with Gasteiger partial charge in [-0.25, -0.2) is 0 Å². The lowest BCUT2D eigenvalue weighted by molar-refractivity contribution is -0.0367. The molecule has 2 aliphatic rings. The van der Waals surface area contributed by atoms with Crippen molar-refractivity contribution in [1.29, 1.82) is 0 Å². The molecule has 0 aromatic heterocycles. The molecule has 1 saturated carbocycles. The molecule has 2 atom stereocenters. The highest BCUT2D eigenvalue weighted by molar-refractivity contribution is 5.03. The molecule has 2 heteroatoms. The lowest BCUT2D eigenvalue weighted by Crippen LogP contribution is -2.62. The summed E-state index contributed by atoms with van der Waals surface area (Å²) in [4.78, 5) is 0. The topological polar surface area (TPSA) is 21.3 Å². The van der Waals surface area contributed by atoms with Gasteiger partial charge >= 0.3 is 0 Å². The standard InChI is InChI=1S/C13H25NO/c1-11-4-6-12(2,3)13(7-5-11)10-15-9-8-14-13/h11,14H,4-10H2,1-3H3. The number of rotatable bonds is 0. The predicted molar refractivity (Wildman–Crippen MR) is 63.0 cm³/mol. The van der Waals surface area contributed by atoms with Crippen molar-refractivity contribution < 1.29 is 4.74 Å². The van der Waals surface area contributed by atoms with Gasteiger partial charge in [0.15, 0.2) is 0 Å². The van der Waals surface area contributed by atoms with Gasteiger partial charge in [-0.15, -0.1) is 0 Å². The van der Waals surface area contributed by atoms with E-state index in [4.69, 9.17) is 4.74 Å². The normalized spacial score (nSPS) is 41.4. The Morgan fingerprint density at radius 2 is 1.93 bits per heavy atom. The fourth-order valence-corrected chi connectivity index (χ4v) is 3.08. The zero-order chi connectivity index (χ0) is 10.9. The molecular weight excluding hydrogens is 186 g/mol. The van der Waals surface area contributed by atoms with Gasteiger partial charge < -0.3 is 10.1 Å². The molecule has 0 aromatic carbocycles. The van der Waals surface area contributed by atoms with Gasteiger partial charge in [0.05, 0.1) is 13.2 Å². The van der Waals surface area contributed by atoms with E-state index >= 15 is 0 Å². The van der Waals surface area contributed by atoms with Gasteiger partial charge in [0.25, 0.3) is 0 Å². The zero-order valence-electron chi connectivity index (χ0n) is 10.4. The molecule has 0 radical (unpaired) electrons. The molecule has 15 heavy (non-hydrogen) atoms. The lowest BCUT2D eigenvalue weighted by atomic mass is 9.68. The van der Waals surface area contributed by atoms with E-state index in [2.05, 4.69) is 26.1 Å². The summed E-state index contributed by atoms with van der Waals surface area (Å²) in [6, 6.07) is 0. The van der Waals surface area contributed by atoms with Crippen molar-refractivity contribution in [2.75, 3.05) is 19.8 Å². The van der Waals surface area contributed by atoms with Crippen LogP contribution < -0.4 is 5.32 Å². The maximum Gasteiger partial charge on any atom is 0.0654 e. The first-order valence-electron chi connectivity index (χ1n) is 6.39. The van der Waals surface area contributed by atoms with E-state index in [0.29, 0.717) is 5.41 Å². The van der Waals surface area contributed by atoms with Crippen LogP contribution in [0.3, 0.4) is 0 Å². The van der Waals surface area contributed by atoms with Crippen LogP contribution in [0.1, 0.15) is 46.5 Å². The van der Waals surface area contributed by atoms with Gasteiger partial charge in [0.2, 0.25) is 0 Å². The van der Waals surface area contributed by atoms with Crippen LogP contribution in [-0.4, -0.2) is 25.3 Å². The quantitative estimate of drug-likeness (QED) is 0.665. The van der Waals surface area contributed by atoms with Crippen molar-refractivity contribution in [2.45, 2.75) is 52.0 Å². The average molecular weight is 211 g/mol. The first kappa shape index (κ1) is 11.4. The van der Waals surface area contributed by atoms with Crippen LogP contribution >= 0.6 is 0 Å². The molecule has 1 aliphatic carbocycles. The maximum absolute atomic E-state index is 5.73. The van der Waals surface area contributed by atoms with Gasteiger partial charge in [-0.3, -0.25) is 0 Å². The SMILES string of the molecule is CC1CCC(C)(C)C2(CC1)COCCN2. The van der Waals surface area contributed by atoms with E-state index in [1.54, 1.807) is 0 Å². The Balaban J connectivity index is 2.18. The minimum atomic E-state index is 0.246. The first-order chi connectivity index (χ1) is 7.06. The lowest BCUT2D eigenvalue weighted by Gasteiger charge is -2.49. The Kier molecular flexibility index (Phi) is 3.09. The largest absolute Gasteiger partial charge is 0.378 e. The molecule has 1 saturated heterocycles. The second kappa shape index (κ2) is 4.06. The summed E-state index contributed by atoms with van der Waals surface area (Å²) in [6.45, 7) is 10.0. The fourth-order valence-electron chi connectivity index (χ4n) is 3.08. The second-order valence-corrected chi connectivity index (χ2v) is 6.13. The molecule has 2 fully saturated rings. The highest BCUT2D eigenvalue weighted by Crippen LogP contribution is 2.44. The van der Waals surface area contributed by atoms with Crippen LogP contribution in [0, 0.1) is 11.3 Å². The van der Waals surface area contributed by atoms with Crippen LogP contribution in [0.4, 0.5) is 0 Å². The van der Waals surface area contributed by atoms with E-state index in [1.807, 2.05) is 0 Å². The summed E-state index contributed by atoms with van der Waals surface area (Å²) < 4.78 is 5.73. The third-order valence-corrected chi connectivity index (χ3v) is 4.68. The Labute approximate surface area is 93.8 Å². The summed E-state index contributed by atoms with van der Waals surface area (Å²) in [6.07, 6.45) is 5.32. The third kappa shape index (κ3) is 2.07. The molecule has 1 N–H and O–H groups in total. The van der Waals surface area contributed by atoms with Gasteiger partial charge in [-0.1, -0.05) is 27.2 Å². The van der Waals surface area contributed by atoms with Gasteiger partial charge in [0.1, 0.15) is 0 Å². The van der Waals surface area contributed by atoms with Gasteiger partial charge in [-0.05, 0) is 30.6 Å². The Bertz CT molecular complexity index is 219. The van der Waals surface area contributed by atoms with Crippen molar-refractivity contribution in [3.8, 4) is 0 Å². The number of hydrogen-bond acceptors (Lipinski definition) is 2. The summed E-state index contributed by atoms with van der Waals surface area (Å²) in [7, 11) is 0. The molecule has 2 unspecified atom stereocenters.